The molecule has 1 aromatic heterocycles. The topological polar surface area (TPSA) is 81.0 Å². The lowest BCUT2D eigenvalue weighted by atomic mass is 10.2. The zero-order valence-electron chi connectivity index (χ0n) is 16.4. The van der Waals surface area contributed by atoms with E-state index in [1.165, 1.54) is 34.9 Å². The number of benzene rings is 2. The average molecular weight is 510 g/mol. The van der Waals surface area contributed by atoms with Gasteiger partial charge in [-0.3, -0.25) is 4.79 Å². The fourth-order valence-corrected chi connectivity index (χ4v) is 6.77. The predicted octanol–water partition coefficient (Wildman–Crippen LogP) is 3.29. The number of aromatic nitrogens is 1. The largest absolute Gasteiger partial charge is 0.497 e. The molecule has 0 saturated carbocycles. The number of amides is 1. The Hall–Kier alpha value is -2.01. The molecule has 2 aromatic carbocycles. The van der Waals surface area contributed by atoms with Crippen molar-refractivity contribution < 1.29 is 17.9 Å². The van der Waals surface area contributed by atoms with Crippen molar-refractivity contribution in [1.82, 2.24) is 8.87 Å². The van der Waals surface area contributed by atoms with Crippen LogP contribution in [0.4, 0.5) is 0 Å². The summed E-state index contributed by atoms with van der Waals surface area (Å²) in [6.07, 6.45) is 1.07. The Labute approximate surface area is 186 Å². The number of methoxy groups -OCH3 is 1. The maximum atomic E-state index is 13.1. The predicted molar refractivity (Wildman–Crippen MR) is 119 cm³/mol. The minimum Gasteiger partial charge on any atom is -0.497 e. The first-order valence-electron chi connectivity index (χ1n) is 9.31. The maximum Gasteiger partial charge on any atom is 0.266 e. The molecule has 1 saturated heterocycles. The van der Waals surface area contributed by atoms with Gasteiger partial charge < -0.3 is 9.30 Å². The molecule has 2 heterocycles. The van der Waals surface area contributed by atoms with Crippen molar-refractivity contribution in [3.05, 3.63) is 51.7 Å². The number of nitrogens with zero attached hydrogens (tertiary/aromatic N) is 3. The van der Waals surface area contributed by atoms with Gasteiger partial charge >= 0.3 is 0 Å². The molecule has 4 rings (SSSR count). The van der Waals surface area contributed by atoms with E-state index in [9.17, 15) is 13.2 Å². The number of ether oxygens (including phenoxy) is 1. The molecule has 0 N–H and O–H groups in total. The second kappa shape index (κ2) is 8.26. The number of carbonyl (C=O) groups is 1. The van der Waals surface area contributed by atoms with Gasteiger partial charge in [0.2, 0.25) is 10.0 Å². The lowest BCUT2D eigenvalue weighted by Gasteiger charge is -2.21. The van der Waals surface area contributed by atoms with E-state index in [0.717, 1.165) is 14.7 Å². The summed E-state index contributed by atoms with van der Waals surface area (Å²) in [5.41, 5.74) is 0.962. The van der Waals surface area contributed by atoms with Gasteiger partial charge in [-0.1, -0.05) is 27.3 Å². The molecular weight excluding hydrogens is 490 g/mol. The van der Waals surface area contributed by atoms with E-state index in [4.69, 9.17) is 4.74 Å². The number of sulfonamides is 1. The van der Waals surface area contributed by atoms with Crippen molar-refractivity contribution >= 4 is 53.4 Å². The molecular formula is C20H20BrN3O4S2. The van der Waals surface area contributed by atoms with E-state index in [1.54, 1.807) is 12.1 Å². The Balaban J connectivity index is 1.67. The standard InChI is InChI=1S/C20H20BrN3O4S2/c1-23-16-10-5-13(21)12-18(16)29-20(23)22-19(25)17-4-3-11-24(17)30(26,27)15-8-6-14(28-2)7-9-15/h5-10,12,17H,3-4,11H2,1-2H3. The van der Waals surface area contributed by atoms with Crippen LogP contribution in [0.5, 0.6) is 5.75 Å². The number of halogens is 1. The quantitative estimate of drug-likeness (QED) is 0.540. The number of hydrogen-bond acceptors (Lipinski definition) is 5. The summed E-state index contributed by atoms with van der Waals surface area (Å²) in [5.74, 6) is 0.132. The Morgan fingerprint density at radius 3 is 2.67 bits per heavy atom. The van der Waals surface area contributed by atoms with Crippen LogP contribution in [0.25, 0.3) is 10.2 Å². The van der Waals surface area contributed by atoms with Crippen LogP contribution in [-0.2, 0) is 21.9 Å². The van der Waals surface area contributed by atoms with Gasteiger partial charge in [-0.15, -0.1) is 0 Å². The van der Waals surface area contributed by atoms with Crippen molar-refractivity contribution in [1.29, 1.82) is 0 Å². The fourth-order valence-electron chi connectivity index (χ4n) is 3.54. The van der Waals surface area contributed by atoms with E-state index in [0.29, 0.717) is 29.9 Å². The molecule has 10 heteroatoms. The smallest absolute Gasteiger partial charge is 0.266 e. The highest BCUT2D eigenvalue weighted by molar-refractivity contribution is 9.10. The summed E-state index contributed by atoms with van der Waals surface area (Å²) in [4.78, 5) is 18.0. The van der Waals surface area contributed by atoms with Gasteiger partial charge in [-0.25, -0.2) is 8.42 Å². The van der Waals surface area contributed by atoms with Crippen LogP contribution in [0, 0.1) is 0 Å². The van der Waals surface area contributed by atoms with Crippen molar-refractivity contribution in [2.45, 2.75) is 23.8 Å². The van der Waals surface area contributed by atoms with E-state index in [-0.39, 0.29) is 4.90 Å². The first kappa shape index (κ1) is 21.2. The van der Waals surface area contributed by atoms with E-state index in [1.807, 2.05) is 29.8 Å². The van der Waals surface area contributed by atoms with Gasteiger partial charge in [-0.05, 0) is 55.3 Å². The second-order valence-electron chi connectivity index (χ2n) is 6.96. The highest BCUT2D eigenvalue weighted by atomic mass is 79.9. The molecule has 158 valence electrons. The summed E-state index contributed by atoms with van der Waals surface area (Å²) in [5, 5.41) is 0. The summed E-state index contributed by atoms with van der Waals surface area (Å²) in [6.45, 7) is 0.297. The zero-order valence-corrected chi connectivity index (χ0v) is 19.6. The molecule has 30 heavy (non-hydrogen) atoms. The molecule has 7 nitrogen and oxygen atoms in total. The van der Waals surface area contributed by atoms with Gasteiger partial charge in [0, 0.05) is 18.1 Å². The fraction of sp³-hybridized carbons (Fsp3) is 0.300. The third kappa shape index (κ3) is 3.84. The first-order valence-corrected chi connectivity index (χ1v) is 12.4. The van der Waals surface area contributed by atoms with Crippen LogP contribution < -0.4 is 9.54 Å². The Morgan fingerprint density at radius 1 is 1.23 bits per heavy atom. The number of rotatable bonds is 4. The third-order valence-corrected chi connectivity index (χ3v) is 8.64. The van der Waals surface area contributed by atoms with E-state index >= 15 is 0 Å². The number of fused-ring (bicyclic) bond motifs is 1. The molecule has 1 amide bonds. The molecule has 0 aliphatic carbocycles. The summed E-state index contributed by atoms with van der Waals surface area (Å²) < 4.78 is 36.4. The van der Waals surface area contributed by atoms with Crippen molar-refractivity contribution in [2.75, 3.05) is 13.7 Å². The van der Waals surface area contributed by atoms with Gasteiger partial charge in [0.1, 0.15) is 11.8 Å². The number of hydrogen-bond donors (Lipinski definition) is 0. The molecule has 1 fully saturated rings. The minimum atomic E-state index is -3.80. The van der Waals surface area contributed by atoms with Gasteiger partial charge in [0.15, 0.2) is 4.80 Å². The van der Waals surface area contributed by atoms with Crippen LogP contribution >= 0.6 is 27.3 Å². The number of carbonyl (C=O) groups excluding carboxylic acids is 1. The maximum absolute atomic E-state index is 13.1. The molecule has 0 bridgehead atoms. The lowest BCUT2D eigenvalue weighted by molar-refractivity contribution is -0.121. The van der Waals surface area contributed by atoms with Crippen molar-refractivity contribution in [3.63, 3.8) is 0 Å². The molecule has 3 aromatic rings. The van der Waals surface area contributed by atoms with Gasteiger partial charge in [0.05, 0.1) is 22.2 Å². The highest BCUT2D eigenvalue weighted by Gasteiger charge is 2.39. The van der Waals surface area contributed by atoms with Crippen molar-refractivity contribution in [2.24, 2.45) is 12.0 Å². The second-order valence-corrected chi connectivity index (χ2v) is 10.8. The third-order valence-electron chi connectivity index (χ3n) is 5.13. The van der Waals surface area contributed by atoms with Crippen LogP contribution in [0.3, 0.4) is 0 Å². The number of aryl methyl sites for hydroxylation is 1. The van der Waals surface area contributed by atoms with Gasteiger partial charge in [-0.2, -0.15) is 9.30 Å². The highest BCUT2D eigenvalue weighted by Crippen LogP contribution is 2.28. The van der Waals surface area contributed by atoms with Gasteiger partial charge in [0.25, 0.3) is 5.91 Å². The van der Waals surface area contributed by atoms with Crippen LogP contribution in [0.1, 0.15) is 12.8 Å². The molecule has 1 atom stereocenters. The summed E-state index contributed by atoms with van der Waals surface area (Å²) in [7, 11) is -0.436. The van der Waals surface area contributed by atoms with E-state index < -0.39 is 22.0 Å². The molecule has 1 aliphatic heterocycles. The lowest BCUT2D eigenvalue weighted by Crippen LogP contribution is -2.40. The van der Waals surface area contributed by atoms with Crippen LogP contribution in [-0.4, -0.2) is 42.9 Å². The molecule has 0 radical (unpaired) electrons. The summed E-state index contributed by atoms with van der Waals surface area (Å²) >= 11 is 4.85. The molecule has 0 spiro atoms. The van der Waals surface area contributed by atoms with Crippen LogP contribution in [0.2, 0.25) is 0 Å². The summed E-state index contributed by atoms with van der Waals surface area (Å²) in [6, 6.07) is 11.2. The monoisotopic (exact) mass is 509 g/mol. The first-order chi connectivity index (χ1) is 14.3. The normalized spacial score (nSPS) is 18.2. The zero-order chi connectivity index (χ0) is 21.5. The molecule has 1 aliphatic rings. The van der Waals surface area contributed by atoms with E-state index in [2.05, 4.69) is 20.9 Å². The SMILES string of the molecule is COc1ccc(S(=O)(=O)N2CCCC2C(=O)N=c2sc3cc(Br)ccc3n2C)cc1. The Bertz CT molecular complexity index is 1280. The Kier molecular flexibility index (Phi) is 5.84. The average Bonchev–Trinajstić information content (AvgIpc) is 3.34. The van der Waals surface area contributed by atoms with Crippen LogP contribution in [0.15, 0.2) is 56.8 Å². The van der Waals surface area contributed by atoms with Crippen molar-refractivity contribution in [3.8, 4) is 5.75 Å². The number of thiazole rings is 1. The Morgan fingerprint density at radius 2 is 1.97 bits per heavy atom. The molecule has 1 unspecified atom stereocenters. The minimum absolute atomic E-state index is 0.139.